The van der Waals surface area contributed by atoms with E-state index in [4.69, 9.17) is 40.2 Å². The summed E-state index contributed by atoms with van der Waals surface area (Å²) in [5.41, 5.74) is 1.71. The summed E-state index contributed by atoms with van der Waals surface area (Å²) in [6.45, 7) is 0.0143. The van der Waals surface area contributed by atoms with Crippen LogP contribution in [0.5, 0.6) is 11.6 Å². The van der Waals surface area contributed by atoms with Gasteiger partial charge < -0.3 is 19.7 Å². The quantitative estimate of drug-likeness (QED) is 0.221. The van der Waals surface area contributed by atoms with E-state index in [1.54, 1.807) is 42.5 Å². The van der Waals surface area contributed by atoms with E-state index in [0.717, 1.165) is 0 Å². The zero-order valence-electron chi connectivity index (χ0n) is 17.2. The van der Waals surface area contributed by atoms with Crippen molar-refractivity contribution in [1.82, 2.24) is 4.57 Å². The predicted octanol–water partition coefficient (Wildman–Crippen LogP) is 7.33. The number of halogens is 3. The Balaban J connectivity index is 1.64. The van der Waals surface area contributed by atoms with Gasteiger partial charge in [-0.1, -0.05) is 47.5 Å². The average molecular weight is 503 g/mol. The van der Waals surface area contributed by atoms with E-state index in [9.17, 15) is 9.50 Å². The van der Waals surface area contributed by atoms with E-state index in [1.807, 2.05) is 6.07 Å². The standard InChI is InChI=1S/C23H17Cl2FN4O2S/c1-32-20-10-9-13(11-17(20)25)27-23(33)29-28-21-14-5-2-3-8-19(14)30(22(21)31)12-15-16(24)6-4-7-18(15)26/h2-11,31H,12H2,1H3,(H,27,33). The van der Waals surface area contributed by atoms with Crippen LogP contribution in [0.4, 0.5) is 15.8 Å². The van der Waals surface area contributed by atoms with Gasteiger partial charge in [-0.15, -0.1) is 10.2 Å². The topological polar surface area (TPSA) is 71.1 Å². The Labute approximate surface area is 204 Å². The fourth-order valence-electron chi connectivity index (χ4n) is 3.36. The first-order chi connectivity index (χ1) is 15.9. The largest absolute Gasteiger partial charge is 0.495 e. The van der Waals surface area contributed by atoms with Crippen LogP contribution in [0.2, 0.25) is 10.0 Å². The highest BCUT2D eigenvalue weighted by molar-refractivity contribution is 7.80. The van der Waals surface area contributed by atoms with Crippen molar-refractivity contribution in [3.63, 3.8) is 0 Å². The van der Waals surface area contributed by atoms with Crippen molar-refractivity contribution < 1.29 is 14.2 Å². The van der Waals surface area contributed by atoms with Crippen molar-refractivity contribution in [2.24, 2.45) is 10.2 Å². The van der Waals surface area contributed by atoms with Crippen LogP contribution in [-0.2, 0) is 6.54 Å². The Morgan fingerprint density at radius 2 is 1.91 bits per heavy atom. The summed E-state index contributed by atoms with van der Waals surface area (Å²) < 4.78 is 21.0. The van der Waals surface area contributed by atoms with Crippen LogP contribution in [0.15, 0.2) is 70.9 Å². The maximum atomic E-state index is 14.3. The summed E-state index contributed by atoms with van der Waals surface area (Å²) in [4.78, 5) is 0. The second kappa shape index (κ2) is 9.74. The SMILES string of the molecule is COc1ccc(NC(=S)N=Nc2c(O)n(Cc3c(F)cccc3Cl)c3ccccc23)cc1Cl. The predicted molar refractivity (Wildman–Crippen MR) is 133 cm³/mol. The molecule has 0 saturated carbocycles. The molecule has 0 unspecified atom stereocenters. The van der Waals surface area contributed by atoms with Gasteiger partial charge in [0.15, 0.2) is 5.69 Å². The van der Waals surface area contributed by atoms with Gasteiger partial charge in [0.2, 0.25) is 11.0 Å². The molecule has 0 radical (unpaired) electrons. The first-order valence-corrected chi connectivity index (χ1v) is 10.8. The zero-order valence-corrected chi connectivity index (χ0v) is 19.5. The molecule has 10 heteroatoms. The molecule has 0 aliphatic rings. The number of anilines is 1. The maximum Gasteiger partial charge on any atom is 0.221 e. The molecule has 1 aromatic heterocycles. The molecular formula is C23H17Cl2FN4O2S. The smallest absolute Gasteiger partial charge is 0.221 e. The molecule has 0 atom stereocenters. The first-order valence-electron chi connectivity index (χ1n) is 9.68. The minimum absolute atomic E-state index is 0.0143. The summed E-state index contributed by atoms with van der Waals surface area (Å²) >= 11 is 17.6. The molecule has 0 aliphatic carbocycles. The minimum Gasteiger partial charge on any atom is -0.495 e. The molecule has 168 valence electrons. The zero-order chi connectivity index (χ0) is 23.5. The van der Waals surface area contributed by atoms with Gasteiger partial charge in [0, 0.05) is 21.7 Å². The number of benzene rings is 3. The van der Waals surface area contributed by atoms with E-state index >= 15 is 0 Å². The Kier molecular flexibility index (Phi) is 6.78. The Morgan fingerprint density at radius 1 is 1.12 bits per heavy atom. The number of para-hydroxylation sites is 1. The first kappa shape index (κ1) is 23.0. The second-order valence-corrected chi connectivity index (χ2v) is 8.16. The van der Waals surface area contributed by atoms with Crippen molar-refractivity contribution in [2.75, 3.05) is 12.4 Å². The third kappa shape index (κ3) is 4.78. The highest BCUT2D eigenvalue weighted by Crippen LogP contribution is 2.40. The Bertz CT molecular complexity index is 1370. The number of fused-ring (bicyclic) bond motifs is 1. The molecule has 0 aliphatic heterocycles. The monoisotopic (exact) mass is 502 g/mol. The van der Waals surface area contributed by atoms with Crippen molar-refractivity contribution in [2.45, 2.75) is 6.54 Å². The van der Waals surface area contributed by atoms with Crippen LogP contribution in [-0.4, -0.2) is 21.9 Å². The van der Waals surface area contributed by atoms with Crippen LogP contribution in [0.25, 0.3) is 10.9 Å². The van der Waals surface area contributed by atoms with Crippen molar-refractivity contribution in [1.29, 1.82) is 0 Å². The number of methoxy groups -OCH3 is 1. The summed E-state index contributed by atoms with van der Waals surface area (Å²) in [5.74, 6) is -0.122. The number of aromatic nitrogens is 1. The molecule has 3 aromatic carbocycles. The molecule has 6 nitrogen and oxygen atoms in total. The molecule has 0 amide bonds. The van der Waals surface area contributed by atoms with Gasteiger partial charge in [0.05, 0.1) is 24.2 Å². The van der Waals surface area contributed by atoms with Gasteiger partial charge >= 0.3 is 0 Å². The third-order valence-corrected chi connectivity index (χ3v) is 5.77. The number of hydrogen-bond donors (Lipinski definition) is 2. The highest BCUT2D eigenvalue weighted by Gasteiger charge is 2.19. The summed E-state index contributed by atoms with van der Waals surface area (Å²) in [6.07, 6.45) is 0. The van der Waals surface area contributed by atoms with Crippen molar-refractivity contribution in [3.8, 4) is 11.6 Å². The Hall–Kier alpha value is -3.20. The normalized spacial score (nSPS) is 11.3. The van der Waals surface area contributed by atoms with Crippen LogP contribution < -0.4 is 10.1 Å². The number of aromatic hydroxyl groups is 1. The van der Waals surface area contributed by atoms with E-state index in [-0.39, 0.29) is 33.8 Å². The molecular weight excluding hydrogens is 486 g/mol. The average Bonchev–Trinajstić information content (AvgIpc) is 3.05. The lowest BCUT2D eigenvalue weighted by Gasteiger charge is -2.10. The molecule has 33 heavy (non-hydrogen) atoms. The van der Waals surface area contributed by atoms with Gasteiger partial charge in [-0.2, -0.15) is 0 Å². The maximum absolute atomic E-state index is 14.3. The second-order valence-electron chi connectivity index (χ2n) is 6.96. The van der Waals surface area contributed by atoms with E-state index in [1.165, 1.54) is 23.8 Å². The van der Waals surface area contributed by atoms with Crippen molar-refractivity contribution >= 4 is 62.8 Å². The number of rotatable bonds is 5. The number of thiocarbonyl (C=S) groups is 1. The molecule has 2 N–H and O–H groups in total. The molecule has 0 spiro atoms. The molecule has 4 rings (SSSR count). The van der Waals surface area contributed by atoms with Gasteiger partial charge in [0.25, 0.3) is 0 Å². The lowest BCUT2D eigenvalue weighted by Crippen LogP contribution is -2.05. The van der Waals surface area contributed by atoms with Gasteiger partial charge in [-0.05, 0) is 48.6 Å². The number of azo groups is 1. The van der Waals surface area contributed by atoms with Crippen LogP contribution in [0.1, 0.15) is 5.56 Å². The van der Waals surface area contributed by atoms with E-state index < -0.39 is 5.82 Å². The summed E-state index contributed by atoms with van der Waals surface area (Å²) in [7, 11) is 1.52. The van der Waals surface area contributed by atoms with Gasteiger partial charge in [0.1, 0.15) is 11.6 Å². The molecule has 1 heterocycles. The third-order valence-electron chi connectivity index (χ3n) is 4.94. The van der Waals surface area contributed by atoms with E-state index in [0.29, 0.717) is 27.4 Å². The molecule has 0 saturated heterocycles. The van der Waals surface area contributed by atoms with Crippen LogP contribution >= 0.6 is 35.4 Å². The number of ether oxygens (including phenoxy) is 1. The van der Waals surface area contributed by atoms with Gasteiger partial charge in [-0.3, -0.25) is 0 Å². The fraction of sp³-hybridized carbons (Fsp3) is 0.0870. The van der Waals surface area contributed by atoms with Crippen LogP contribution in [0, 0.1) is 5.82 Å². The van der Waals surface area contributed by atoms with E-state index in [2.05, 4.69) is 15.5 Å². The molecule has 4 aromatic rings. The number of nitrogens with one attached hydrogen (secondary N) is 1. The molecule has 0 fully saturated rings. The lowest BCUT2D eigenvalue weighted by atomic mass is 10.2. The number of nitrogens with zero attached hydrogens (tertiary/aromatic N) is 3. The fourth-order valence-corrected chi connectivity index (χ4v) is 4.00. The van der Waals surface area contributed by atoms with Crippen LogP contribution in [0.3, 0.4) is 0 Å². The lowest BCUT2D eigenvalue weighted by molar-refractivity contribution is 0.415. The Morgan fingerprint density at radius 3 is 2.64 bits per heavy atom. The number of hydrogen-bond acceptors (Lipinski definition) is 4. The highest BCUT2D eigenvalue weighted by atomic mass is 35.5. The van der Waals surface area contributed by atoms with Gasteiger partial charge in [-0.25, -0.2) is 4.39 Å². The molecule has 0 bridgehead atoms. The summed E-state index contributed by atoms with van der Waals surface area (Å²) in [6, 6.07) is 16.7. The van der Waals surface area contributed by atoms with Crippen molar-refractivity contribution in [3.05, 3.63) is 82.1 Å². The summed E-state index contributed by atoms with van der Waals surface area (Å²) in [5, 5.41) is 23.4. The minimum atomic E-state index is -0.466.